The van der Waals surface area contributed by atoms with E-state index in [0.717, 1.165) is 25.8 Å². The first kappa shape index (κ1) is 9.67. The largest absolute Gasteiger partial charge is 0.465 e. The van der Waals surface area contributed by atoms with E-state index in [9.17, 15) is 4.79 Å². The first-order valence-electron chi connectivity index (χ1n) is 4.11. The molecule has 0 aromatic carbocycles. The van der Waals surface area contributed by atoms with E-state index in [1.807, 2.05) is 0 Å². The third kappa shape index (κ3) is 2.91. The molecular formula is C7H14N2O2S. The lowest BCUT2D eigenvalue weighted by atomic mass is 10.1. The Morgan fingerprint density at radius 1 is 1.58 bits per heavy atom. The van der Waals surface area contributed by atoms with E-state index in [1.165, 1.54) is 0 Å². The van der Waals surface area contributed by atoms with Crippen LogP contribution < -0.4 is 10.6 Å². The highest BCUT2D eigenvalue weighted by Crippen LogP contribution is 2.11. The van der Waals surface area contributed by atoms with Crippen LogP contribution in [-0.4, -0.2) is 29.2 Å². The van der Waals surface area contributed by atoms with Crippen LogP contribution in [0.5, 0.6) is 0 Å². The predicted octanol–water partition coefficient (Wildman–Crippen LogP) is 0.652. The lowest BCUT2D eigenvalue weighted by Crippen LogP contribution is -2.45. The summed E-state index contributed by atoms with van der Waals surface area (Å²) in [7, 11) is 0. The second-order valence-electron chi connectivity index (χ2n) is 2.95. The summed E-state index contributed by atoms with van der Waals surface area (Å²) in [4.78, 5) is 10.4. The van der Waals surface area contributed by atoms with E-state index >= 15 is 0 Å². The number of amides is 1. The van der Waals surface area contributed by atoms with Gasteiger partial charge in [0.25, 0.3) is 0 Å². The highest BCUT2D eigenvalue weighted by molar-refractivity contribution is 7.81. The smallest absolute Gasteiger partial charge is 0.404 e. The van der Waals surface area contributed by atoms with Gasteiger partial charge in [-0.3, -0.25) is 0 Å². The van der Waals surface area contributed by atoms with E-state index in [1.54, 1.807) is 0 Å². The predicted molar refractivity (Wildman–Crippen MR) is 49.6 cm³/mol. The van der Waals surface area contributed by atoms with Gasteiger partial charge in [0.2, 0.25) is 0 Å². The Morgan fingerprint density at radius 2 is 2.33 bits per heavy atom. The summed E-state index contributed by atoms with van der Waals surface area (Å²) < 4.78 is 0. The molecule has 1 aliphatic rings. The molecular weight excluding hydrogens is 176 g/mol. The van der Waals surface area contributed by atoms with E-state index in [-0.39, 0.29) is 11.4 Å². The van der Waals surface area contributed by atoms with E-state index in [0.29, 0.717) is 0 Å². The van der Waals surface area contributed by atoms with E-state index < -0.39 is 6.09 Å². The van der Waals surface area contributed by atoms with Crippen molar-refractivity contribution in [3.63, 3.8) is 0 Å². The fourth-order valence-corrected chi connectivity index (χ4v) is 1.70. The van der Waals surface area contributed by atoms with Gasteiger partial charge in [0.1, 0.15) is 0 Å². The van der Waals surface area contributed by atoms with Gasteiger partial charge in [-0.25, -0.2) is 4.79 Å². The fourth-order valence-electron chi connectivity index (χ4n) is 1.35. The fraction of sp³-hybridized carbons (Fsp3) is 0.857. The summed E-state index contributed by atoms with van der Waals surface area (Å²) >= 11 is 4.26. The van der Waals surface area contributed by atoms with Crippen LogP contribution >= 0.6 is 12.6 Å². The molecule has 0 radical (unpaired) electrons. The average molecular weight is 190 g/mol. The summed E-state index contributed by atoms with van der Waals surface area (Å²) in [6.07, 6.45) is 2.04. The Bertz CT molecular complexity index is 165. The zero-order valence-corrected chi connectivity index (χ0v) is 7.68. The molecule has 0 saturated carbocycles. The van der Waals surface area contributed by atoms with Gasteiger partial charge in [0.05, 0.1) is 11.4 Å². The summed E-state index contributed by atoms with van der Waals surface area (Å²) in [6.45, 7) is 0.923. The normalized spacial score (nSPS) is 30.8. The molecule has 0 aromatic heterocycles. The van der Waals surface area contributed by atoms with Crippen LogP contribution in [0.4, 0.5) is 4.79 Å². The van der Waals surface area contributed by atoms with Crippen molar-refractivity contribution in [3.8, 4) is 0 Å². The molecule has 1 heterocycles. The number of rotatable bonds is 1. The highest BCUT2D eigenvalue weighted by Gasteiger charge is 2.21. The van der Waals surface area contributed by atoms with Gasteiger partial charge in [-0.1, -0.05) is 6.42 Å². The maximum atomic E-state index is 10.4. The number of nitrogens with one attached hydrogen (secondary N) is 2. The third-order valence-electron chi connectivity index (χ3n) is 1.99. The van der Waals surface area contributed by atoms with Crippen LogP contribution in [0.15, 0.2) is 0 Å². The molecule has 3 N–H and O–H groups in total. The Kier molecular flexibility index (Phi) is 3.68. The van der Waals surface area contributed by atoms with Gasteiger partial charge in [-0.15, -0.1) is 0 Å². The number of hydrogen-bond donors (Lipinski definition) is 4. The van der Waals surface area contributed by atoms with Gasteiger partial charge in [-0.2, -0.15) is 12.6 Å². The molecule has 2 unspecified atom stereocenters. The number of carboxylic acid groups (broad SMARTS) is 1. The summed E-state index contributed by atoms with van der Waals surface area (Å²) in [5.41, 5.74) is 0. The summed E-state index contributed by atoms with van der Waals surface area (Å²) in [5, 5.41) is 14.0. The third-order valence-corrected chi connectivity index (χ3v) is 2.53. The standard InChI is InChI=1S/C7H14N2O2S/c10-7(11)9-5-3-1-2-4-8-6(5)12/h5-6,8-9,12H,1-4H2,(H,10,11). The van der Waals surface area contributed by atoms with Crippen LogP contribution in [0.2, 0.25) is 0 Å². The molecule has 0 aromatic rings. The Morgan fingerprint density at radius 3 is 3.00 bits per heavy atom. The molecule has 12 heavy (non-hydrogen) atoms. The molecule has 1 amide bonds. The number of hydrogen-bond acceptors (Lipinski definition) is 3. The summed E-state index contributed by atoms with van der Waals surface area (Å²) in [6, 6.07) is -0.0617. The molecule has 1 aliphatic heterocycles. The second kappa shape index (κ2) is 4.57. The minimum absolute atomic E-state index is 0.0522. The molecule has 1 fully saturated rings. The van der Waals surface area contributed by atoms with Crippen LogP contribution in [0.3, 0.4) is 0 Å². The first-order chi connectivity index (χ1) is 5.70. The topological polar surface area (TPSA) is 61.4 Å². The highest BCUT2D eigenvalue weighted by atomic mass is 32.1. The first-order valence-corrected chi connectivity index (χ1v) is 4.62. The van der Waals surface area contributed by atoms with Crippen LogP contribution in [0.1, 0.15) is 19.3 Å². The van der Waals surface area contributed by atoms with Crippen molar-refractivity contribution < 1.29 is 9.90 Å². The number of thiol groups is 1. The molecule has 0 spiro atoms. The van der Waals surface area contributed by atoms with Crippen molar-refractivity contribution in [1.82, 2.24) is 10.6 Å². The van der Waals surface area contributed by atoms with Crippen LogP contribution in [0, 0.1) is 0 Å². The molecule has 1 rings (SSSR count). The van der Waals surface area contributed by atoms with Crippen LogP contribution in [-0.2, 0) is 0 Å². The van der Waals surface area contributed by atoms with Gasteiger partial charge in [0.15, 0.2) is 0 Å². The van der Waals surface area contributed by atoms with E-state index in [2.05, 4.69) is 23.3 Å². The number of carbonyl (C=O) groups is 1. The maximum absolute atomic E-state index is 10.4. The SMILES string of the molecule is O=C(O)NC1CCCCNC1S. The molecule has 1 saturated heterocycles. The average Bonchev–Trinajstić information content (AvgIpc) is 2.16. The van der Waals surface area contributed by atoms with Gasteiger partial charge in [-0.05, 0) is 19.4 Å². The molecule has 70 valence electrons. The Labute approximate surface area is 77.1 Å². The van der Waals surface area contributed by atoms with Crippen molar-refractivity contribution in [2.75, 3.05) is 6.54 Å². The Hall–Kier alpha value is -0.420. The maximum Gasteiger partial charge on any atom is 0.404 e. The van der Waals surface area contributed by atoms with Crippen molar-refractivity contribution in [3.05, 3.63) is 0 Å². The van der Waals surface area contributed by atoms with Crippen molar-refractivity contribution >= 4 is 18.7 Å². The van der Waals surface area contributed by atoms with Crippen molar-refractivity contribution in [1.29, 1.82) is 0 Å². The van der Waals surface area contributed by atoms with Crippen LogP contribution in [0.25, 0.3) is 0 Å². The minimum Gasteiger partial charge on any atom is -0.465 e. The molecule has 5 heteroatoms. The second-order valence-corrected chi connectivity index (χ2v) is 3.51. The Balaban J connectivity index is 2.41. The zero-order valence-electron chi connectivity index (χ0n) is 6.79. The molecule has 0 aliphatic carbocycles. The van der Waals surface area contributed by atoms with Crippen molar-refractivity contribution in [2.24, 2.45) is 0 Å². The van der Waals surface area contributed by atoms with Gasteiger partial charge in [0, 0.05) is 0 Å². The van der Waals surface area contributed by atoms with Gasteiger partial charge < -0.3 is 15.7 Å². The lowest BCUT2D eigenvalue weighted by Gasteiger charge is -2.20. The molecule has 4 nitrogen and oxygen atoms in total. The van der Waals surface area contributed by atoms with E-state index in [4.69, 9.17) is 5.11 Å². The summed E-state index contributed by atoms with van der Waals surface area (Å²) in [5.74, 6) is 0. The monoisotopic (exact) mass is 190 g/mol. The molecule has 2 atom stereocenters. The quantitative estimate of drug-likeness (QED) is 0.459. The minimum atomic E-state index is -0.970. The van der Waals surface area contributed by atoms with Crippen molar-refractivity contribution in [2.45, 2.75) is 30.7 Å². The van der Waals surface area contributed by atoms with Gasteiger partial charge >= 0.3 is 6.09 Å². The zero-order chi connectivity index (χ0) is 8.97. The lowest BCUT2D eigenvalue weighted by molar-refractivity contribution is 0.188. The molecule has 0 bridgehead atoms.